The second-order valence-corrected chi connectivity index (χ2v) is 9.80. The smallest absolute Gasteiger partial charge is 0.405 e. The summed E-state index contributed by atoms with van der Waals surface area (Å²) in [7, 11) is 0. The number of benzene rings is 1. The molecule has 1 aromatic heterocycles. The van der Waals surface area contributed by atoms with Crippen molar-refractivity contribution in [2.24, 2.45) is 0 Å². The third kappa shape index (κ3) is 4.66. The topological polar surface area (TPSA) is 96.5 Å². The number of H-pyrrole nitrogens is 1. The zero-order valence-corrected chi connectivity index (χ0v) is 19.4. The molecule has 1 amide bonds. The van der Waals surface area contributed by atoms with Gasteiger partial charge in [0, 0.05) is 6.42 Å². The molecule has 0 spiro atoms. The lowest BCUT2D eigenvalue weighted by Gasteiger charge is -2.25. The number of amides is 1. The van der Waals surface area contributed by atoms with Gasteiger partial charge in [0.15, 0.2) is 5.79 Å². The summed E-state index contributed by atoms with van der Waals surface area (Å²) in [6, 6.07) is 6.42. The Bertz CT molecular complexity index is 982. The van der Waals surface area contributed by atoms with E-state index in [4.69, 9.17) is 9.47 Å². The van der Waals surface area contributed by atoms with Gasteiger partial charge >= 0.3 is 6.09 Å². The Labute approximate surface area is 195 Å². The summed E-state index contributed by atoms with van der Waals surface area (Å²) in [6.45, 7) is 3.44. The fourth-order valence-corrected chi connectivity index (χ4v) is 6.04. The molecule has 1 aromatic carbocycles. The van der Waals surface area contributed by atoms with Gasteiger partial charge in [0.2, 0.25) is 0 Å². The van der Waals surface area contributed by atoms with Gasteiger partial charge in [-0.1, -0.05) is 31.9 Å². The molecule has 0 radical (unpaired) electrons. The molecule has 7 heteroatoms. The van der Waals surface area contributed by atoms with Crippen LogP contribution in [-0.2, 0) is 9.47 Å². The third-order valence-corrected chi connectivity index (χ3v) is 7.84. The van der Waals surface area contributed by atoms with Crippen molar-refractivity contribution in [3.63, 3.8) is 0 Å². The van der Waals surface area contributed by atoms with Crippen LogP contribution in [0.2, 0.25) is 0 Å². The van der Waals surface area contributed by atoms with Crippen molar-refractivity contribution >= 4 is 6.09 Å². The second kappa shape index (κ2) is 9.47. The van der Waals surface area contributed by atoms with Crippen LogP contribution >= 0.6 is 0 Å². The van der Waals surface area contributed by atoms with Gasteiger partial charge < -0.3 is 24.9 Å². The van der Waals surface area contributed by atoms with Crippen molar-refractivity contribution in [2.45, 2.75) is 88.4 Å². The van der Waals surface area contributed by atoms with E-state index in [9.17, 15) is 9.90 Å². The molecule has 5 rings (SSSR count). The predicted molar refractivity (Wildman–Crippen MR) is 125 cm³/mol. The molecule has 7 nitrogen and oxygen atoms in total. The first-order valence-electron chi connectivity index (χ1n) is 12.5. The summed E-state index contributed by atoms with van der Waals surface area (Å²) in [6.07, 6.45) is 10.1. The van der Waals surface area contributed by atoms with Crippen LogP contribution in [0.15, 0.2) is 24.4 Å². The molecule has 33 heavy (non-hydrogen) atoms. The molecule has 2 fully saturated rings. The first kappa shape index (κ1) is 22.4. The lowest BCUT2D eigenvalue weighted by Crippen LogP contribution is -2.29. The summed E-state index contributed by atoms with van der Waals surface area (Å²) >= 11 is 0. The van der Waals surface area contributed by atoms with Crippen LogP contribution in [-0.4, -0.2) is 40.2 Å². The third-order valence-electron chi connectivity index (χ3n) is 7.84. The number of aromatic nitrogens is 2. The van der Waals surface area contributed by atoms with E-state index in [2.05, 4.69) is 40.4 Å². The Morgan fingerprint density at radius 2 is 2.00 bits per heavy atom. The average molecular weight is 454 g/mol. The van der Waals surface area contributed by atoms with E-state index in [-0.39, 0.29) is 6.04 Å². The van der Waals surface area contributed by atoms with Gasteiger partial charge in [-0.05, 0) is 73.1 Å². The molecule has 1 aliphatic heterocycles. The van der Waals surface area contributed by atoms with Crippen molar-refractivity contribution in [3.8, 4) is 11.3 Å². The lowest BCUT2D eigenvalue weighted by molar-refractivity contribution is -0.164. The monoisotopic (exact) mass is 453 g/mol. The van der Waals surface area contributed by atoms with Crippen LogP contribution in [0, 0.1) is 0 Å². The van der Waals surface area contributed by atoms with E-state index in [0.29, 0.717) is 31.4 Å². The Kier molecular flexibility index (Phi) is 6.43. The largest absolute Gasteiger partial charge is 0.465 e. The van der Waals surface area contributed by atoms with E-state index in [1.807, 2.05) is 6.20 Å². The molecule has 2 bridgehead atoms. The highest BCUT2D eigenvalue weighted by Crippen LogP contribution is 2.53. The zero-order valence-electron chi connectivity index (χ0n) is 19.4. The van der Waals surface area contributed by atoms with E-state index in [1.54, 1.807) is 0 Å². The van der Waals surface area contributed by atoms with Gasteiger partial charge in [-0.15, -0.1) is 0 Å². The standard InChI is InChI=1S/C26H35N3O4/c1-2-26(32-12-13-33-26)11-5-3-4-6-22(29-25(30)31)24-27-16-23(28-24)19-9-10-20-17-7-8-18(14-17)21(20)15-19/h9-10,15-18,22,29H,2-8,11-14H2,1H3,(H,27,28)(H,30,31)/t17-,18+,22+/m1/s1. The number of nitrogens with one attached hydrogen (secondary N) is 2. The molecular weight excluding hydrogens is 418 g/mol. The van der Waals surface area contributed by atoms with Crippen LogP contribution < -0.4 is 5.32 Å². The number of nitrogens with zero attached hydrogens (tertiary/aromatic N) is 1. The number of rotatable bonds is 10. The highest BCUT2D eigenvalue weighted by Gasteiger charge is 2.37. The molecule has 2 aliphatic carbocycles. The van der Waals surface area contributed by atoms with E-state index in [1.165, 1.54) is 30.4 Å². The van der Waals surface area contributed by atoms with Crippen LogP contribution in [0.4, 0.5) is 4.79 Å². The maximum absolute atomic E-state index is 11.4. The van der Waals surface area contributed by atoms with Crippen molar-refractivity contribution in [2.75, 3.05) is 13.2 Å². The van der Waals surface area contributed by atoms with Gasteiger partial charge in [-0.25, -0.2) is 9.78 Å². The van der Waals surface area contributed by atoms with E-state index in [0.717, 1.165) is 49.3 Å². The first-order valence-corrected chi connectivity index (χ1v) is 12.5. The van der Waals surface area contributed by atoms with E-state index >= 15 is 0 Å². The Morgan fingerprint density at radius 1 is 1.21 bits per heavy atom. The maximum atomic E-state index is 11.4. The van der Waals surface area contributed by atoms with Gasteiger partial charge in [0.25, 0.3) is 0 Å². The molecule has 2 heterocycles. The lowest BCUT2D eigenvalue weighted by atomic mass is 9.90. The molecule has 0 unspecified atom stereocenters. The number of aromatic amines is 1. The first-order chi connectivity index (χ1) is 16.1. The number of carboxylic acid groups (broad SMARTS) is 1. The van der Waals surface area contributed by atoms with Crippen molar-refractivity contribution in [1.82, 2.24) is 15.3 Å². The van der Waals surface area contributed by atoms with Crippen molar-refractivity contribution in [1.29, 1.82) is 0 Å². The summed E-state index contributed by atoms with van der Waals surface area (Å²) in [5.74, 6) is 1.73. The van der Waals surface area contributed by atoms with Gasteiger partial charge in [0.1, 0.15) is 5.82 Å². The SMILES string of the molecule is CCC1(CCCCC[C@H](NC(=O)O)c2ncc(-c3ccc4c(c3)[C@H]3CC[C@@H]4C3)[nH]2)OCCO1. The van der Waals surface area contributed by atoms with Crippen molar-refractivity contribution in [3.05, 3.63) is 41.3 Å². The predicted octanol–water partition coefficient (Wildman–Crippen LogP) is 5.85. The summed E-state index contributed by atoms with van der Waals surface area (Å²) in [5.41, 5.74) is 5.11. The maximum Gasteiger partial charge on any atom is 0.405 e. The number of unbranched alkanes of at least 4 members (excludes halogenated alkanes) is 2. The molecule has 1 saturated carbocycles. The fourth-order valence-electron chi connectivity index (χ4n) is 6.04. The van der Waals surface area contributed by atoms with Crippen LogP contribution in [0.1, 0.15) is 99.5 Å². The molecule has 3 aliphatic rings. The summed E-state index contributed by atoms with van der Waals surface area (Å²) < 4.78 is 11.6. The number of ether oxygens (including phenoxy) is 2. The Balaban J connectivity index is 1.20. The normalized spacial score (nSPS) is 23.5. The molecule has 3 N–H and O–H groups in total. The number of hydrogen-bond acceptors (Lipinski definition) is 4. The van der Waals surface area contributed by atoms with Crippen LogP contribution in [0.5, 0.6) is 0 Å². The van der Waals surface area contributed by atoms with Crippen molar-refractivity contribution < 1.29 is 19.4 Å². The summed E-state index contributed by atoms with van der Waals surface area (Å²) in [5, 5.41) is 12.0. The molecule has 1 saturated heterocycles. The minimum atomic E-state index is -1.02. The zero-order chi connectivity index (χ0) is 22.8. The van der Waals surface area contributed by atoms with Gasteiger partial charge in [0.05, 0.1) is 31.1 Å². The van der Waals surface area contributed by atoms with Gasteiger partial charge in [-0.3, -0.25) is 0 Å². The minimum absolute atomic E-state index is 0.346. The number of carbonyl (C=O) groups is 1. The molecule has 3 atom stereocenters. The molecule has 2 aromatic rings. The number of fused-ring (bicyclic) bond motifs is 5. The van der Waals surface area contributed by atoms with Crippen LogP contribution in [0.25, 0.3) is 11.3 Å². The second-order valence-electron chi connectivity index (χ2n) is 9.80. The molecular formula is C26H35N3O4. The highest BCUT2D eigenvalue weighted by molar-refractivity contribution is 5.65. The average Bonchev–Trinajstić information content (AvgIpc) is 3.62. The number of imidazole rings is 1. The summed E-state index contributed by atoms with van der Waals surface area (Å²) in [4.78, 5) is 19.4. The van der Waals surface area contributed by atoms with Gasteiger partial charge in [-0.2, -0.15) is 0 Å². The fraction of sp³-hybridized carbons (Fsp3) is 0.615. The minimum Gasteiger partial charge on any atom is -0.465 e. The Hall–Kier alpha value is -2.38. The Morgan fingerprint density at radius 3 is 2.76 bits per heavy atom. The quantitative estimate of drug-likeness (QED) is 0.392. The number of hydrogen-bond donors (Lipinski definition) is 3. The van der Waals surface area contributed by atoms with Crippen LogP contribution in [0.3, 0.4) is 0 Å². The molecule has 178 valence electrons. The highest BCUT2D eigenvalue weighted by atomic mass is 16.7. The van der Waals surface area contributed by atoms with E-state index < -0.39 is 11.9 Å².